The molecule has 2 aliphatic heterocycles. The Morgan fingerprint density at radius 3 is 2.27 bits per heavy atom. The zero-order valence-electron chi connectivity index (χ0n) is 14.0. The van der Waals surface area contributed by atoms with Crippen LogP contribution in [0.5, 0.6) is 0 Å². The van der Waals surface area contributed by atoms with E-state index >= 15 is 0 Å². The van der Waals surface area contributed by atoms with Gasteiger partial charge in [0.1, 0.15) is 0 Å². The molecular formula is C21H18N2O2S. The number of rotatable bonds is 2. The van der Waals surface area contributed by atoms with Crippen molar-refractivity contribution in [2.75, 3.05) is 16.2 Å². The number of nitrogens with one attached hydrogen (secondary N) is 1. The molecule has 0 amide bonds. The Morgan fingerprint density at radius 1 is 0.808 bits per heavy atom. The number of fused-ring (bicyclic) bond motifs is 5. The van der Waals surface area contributed by atoms with Crippen molar-refractivity contribution in [1.29, 1.82) is 0 Å². The molecule has 0 spiro atoms. The predicted molar refractivity (Wildman–Crippen MR) is 103 cm³/mol. The van der Waals surface area contributed by atoms with E-state index in [0.29, 0.717) is 4.90 Å². The third-order valence-corrected chi connectivity index (χ3v) is 7.11. The lowest BCUT2D eigenvalue weighted by Gasteiger charge is -2.35. The van der Waals surface area contributed by atoms with Crippen molar-refractivity contribution in [2.24, 2.45) is 0 Å². The van der Waals surface area contributed by atoms with E-state index in [0.717, 1.165) is 29.0 Å². The normalized spacial score (nSPS) is 20.7. The van der Waals surface area contributed by atoms with Gasteiger partial charge in [-0.1, -0.05) is 54.6 Å². The quantitative estimate of drug-likeness (QED) is 0.745. The Kier molecular flexibility index (Phi) is 3.34. The van der Waals surface area contributed by atoms with Crippen molar-refractivity contribution in [3.05, 3.63) is 90.0 Å². The molecule has 0 saturated carbocycles. The number of anilines is 2. The largest absolute Gasteiger partial charge is 0.384 e. The highest BCUT2D eigenvalue weighted by Gasteiger charge is 2.47. The molecule has 2 atom stereocenters. The highest BCUT2D eigenvalue weighted by atomic mass is 32.2. The van der Waals surface area contributed by atoms with Crippen molar-refractivity contribution >= 4 is 21.4 Å². The van der Waals surface area contributed by atoms with E-state index in [1.165, 1.54) is 0 Å². The first-order valence-corrected chi connectivity index (χ1v) is 10.1. The van der Waals surface area contributed by atoms with Gasteiger partial charge in [0.2, 0.25) is 0 Å². The van der Waals surface area contributed by atoms with Crippen LogP contribution in [0.25, 0.3) is 0 Å². The minimum absolute atomic E-state index is 0.0968. The average Bonchev–Trinajstić information content (AvgIpc) is 3.04. The first kappa shape index (κ1) is 15.5. The molecule has 4 nitrogen and oxygen atoms in total. The second-order valence-corrected chi connectivity index (χ2v) is 8.51. The topological polar surface area (TPSA) is 49.4 Å². The summed E-state index contributed by atoms with van der Waals surface area (Å²) in [4.78, 5) is 0.325. The highest BCUT2D eigenvalue weighted by molar-refractivity contribution is 7.92. The first-order chi connectivity index (χ1) is 12.7. The van der Waals surface area contributed by atoms with Gasteiger partial charge in [0, 0.05) is 18.2 Å². The van der Waals surface area contributed by atoms with Gasteiger partial charge >= 0.3 is 0 Å². The standard InChI is InChI=1S/C21H18N2O2S/c24-26(25,15-8-2-1-3-9-15)23-20-13-7-5-10-16(20)18-14-22-19-12-6-4-11-17(19)21(18)23/h1-13,18,21-22H,14H2. The van der Waals surface area contributed by atoms with Gasteiger partial charge in [0.25, 0.3) is 10.0 Å². The fourth-order valence-electron chi connectivity index (χ4n) is 4.17. The molecule has 3 aromatic rings. The maximum Gasteiger partial charge on any atom is 0.264 e. The predicted octanol–water partition coefficient (Wildman–Crippen LogP) is 4.15. The molecule has 5 heteroatoms. The molecule has 26 heavy (non-hydrogen) atoms. The minimum atomic E-state index is -3.66. The number of nitrogens with zero attached hydrogens (tertiary/aromatic N) is 1. The fraction of sp³-hybridized carbons (Fsp3) is 0.143. The van der Waals surface area contributed by atoms with E-state index in [1.54, 1.807) is 28.6 Å². The fourth-order valence-corrected chi connectivity index (χ4v) is 5.88. The van der Waals surface area contributed by atoms with Gasteiger partial charge < -0.3 is 5.32 Å². The van der Waals surface area contributed by atoms with Crippen LogP contribution in [0.4, 0.5) is 11.4 Å². The zero-order valence-corrected chi connectivity index (χ0v) is 14.9. The monoisotopic (exact) mass is 362 g/mol. The van der Waals surface area contributed by atoms with Crippen LogP contribution >= 0.6 is 0 Å². The molecule has 0 aliphatic carbocycles. The van der Waals surface area contributed by atoms with Crippen molar-refractivity contribution < 1.29 is 8.42 Å². The number of hydrogen-bond acceptors (Lipinski definition) is 3. The van der Waals surface area contributed by atoms with Gasteiger partial charge in [-0.25, -0.2) is 8.42 Å². The van der Waals surface area contributed by atoms with Crippen LogP contribution in [0, 0.1) is 0 Å². The van der Waals surface area contributed by atoms with Gasteiger partial charge in [-0.3, -0.25) is 4.31 Å². The second-order valence-electron chi connectivity index (χ2n) is 6.69. The first-order valence-electron chi connectivity index (χ1n) is 8.69. The summed E-state index contributed by atoms with van der Waals surface area (Å²) in [5.41, 5.74) is 3.90. The van der Waals surface area contributed by atoms with Gasteiger partial charge in [0.05, 0.1) is 16.6 Å². The number of hydrogen-bond donors (Lipinski definition) is 1. The highest BCUT2D eigenvalue weighted by Crippen LogP contribution is 2.54. The summed E-state index contributed by atoms with van der Waals surface area (Å²) < 4.78 is 28.8. The van der Waals surface area contributed by atoms with E-state index in [4.69, 9.17) is 0 Å². The van der Waals surface area contributed by atoms with E-state index in [2.05, 4.69) is 5.32 Å². The van der Waals surface area contributed by atoms with Crippen LogP contribution in [0.1, 0.15) is 23.1 Å². The average molecular weight is 362 g/mol. The lowest BCUT2D eigenvalue weighted by atomic mass is 9.87. The van der Waals surface area contributed by atoms with Crippen LogP contribution < -0.4 is 9.62 Å². The zero-order chi connectivity index (χ0) is 17.7. The van der Waals surface area contributed by atoms with E-state index in [9.17, 15) is 8.42 Å². The number of benzene rings is 3. The molecule has 2 aliphatic rings. The molecular weight excluding hydrogens is 344 g/mol. The molecule has 0 radical (unpaired) electrons. The summed E-state index contributed by atoms with van der Waals surface area (Å²) >= 11 is 0. The van der Waals surface area contributed by atoms with Gasteiger partial charge in [-0.2, -0.15) is 0 Å². The SMILES string of the molecule is O=S(=O)(c1ccccc1)N1c2ccccc2C2CNc3ccccc3C21. The van der Waals surface area contributed by atoms with Crippen LogP contribution in [0.2, 0.25) is 0 Å². The third-order valence-electron chi connectivity index (χ3n) is 5.30. The maximum atomic E-state index is 13.6. The van der Waals surface area contributed by atoms with Gasteiger partial charge in [-0.15, -0.1) is 0 Å². The smallest absolute Gasteiger partial charge is 0.264 e. The van der Waals surface area contributed by atoms with E-state index in [1.807, 2.05) is 54.6 Å². The van der Waals surface area contributed by atoms with Gasteiger partial charge in [-0.05, 0) is 35.4 Å². The lowest BCUT2D eigenvalue weighted by molar-refractivity contribution is 0.556. The Balaban J connectivity index is 1.76. The molecule has 2 heterocycles. The third kappa shape index (κ3) is 2.10. The minimum Gasteiger partial charge on any atom is -0.384 e. The summed E-state index contributed by atoms with van der Waals surface area (Å²) in [7, 11) is -3.66. The van der Waals surface area contributed by atoms with E-state index in [-0.39, 0.29) is 12.0 Å². The van der Waals surface area contributed by atoms with Crippen molar-refractivity contribution in [2.45, 2.75) is 16.9 Å². The Labute approximate surface area is 153 Å². The van der Waals surface area contributed by atoms with Crippen molar-refractivity contribution in [3.63, 3.8) is 0 Å². The van der Waals surface area contributed by atoms with Crippen LogP contribution in [0.15, 0.2) is 83.8 Å². The molecule has 3 aromatic carbocycles. The molecule has 2 unspecified atom stereocenters. The van der Waals surface area contributed by atoms with E-state index < -0.39 is 10.0 Å². The molecule has 0 fully saturated rings. The summed E-state index contributed by atoms with van der Waals surface area (Å²) in [6, 6.07) is 24.3. The Morgan fingerprint density at radius 2 is 1.46 bits per heavy atom. The van der Waals surface area contributed by atoms with Gasteiger partial charge in [0.15, 0.2) is 0 Å². The summed E-state index contributed by atoms with van der Waals surface area (Å²) in [5.74, 6) is 0.0968. The molecule has 130 valence electrons. The maximum absolute atomic E-state index is 13.6. The Bertz CT molecular complexity index is 1080. The second kappa shape index (κ2) is 5.61. The van der Waals surface area contributed by atoms with Crippen molar-refractivity contribution in [1.82, 2.24) is 0 Å². The number of sulfonamides is 1. The summed E-state index contributed by atoms with van der Waals surface area (Å²) in [5, 5.41) is 3.47. The van der Waals surface area contributed by atoms with Crippen molar-refractivity contribution in [3.8, 4) is 0 Å². The molecule has 1 N–H and O–H groups in total. The van der Waals surface area contributed by atoms with Crippen LogP contribution in [-0.2, 0) is 10.0 Å². The number of para-hydroxylation sites is 2. The summed E-state index contributed by atoms with van der Waals surface area (Å²) in [6.45, 7) is 0.722. The molecule has 0 aromatic heterocycles. The molecule has 5 rings (SSSR count). The van der Waals surface area contributed by atoms with Crippen LogP contribution in [0.3, 0.4) is 0 Å². The lowest BCUT2D eigenvalue weighted by Crippen LogP contribution is -2.37. The summed E-state index contributed by atoms with van der Waals surface area (Å²) in [6.07, 6.45) is 0. The molecule has 0 bridgehead atoms. The Hall–Kier alpha value is -2.79. The molecule has 0 saturated heterocycles. The van der Waals surface area contributed by atoms with Crippen LogP contribution in [-0.4, -0.2) is 15.0 Å².